The van der Waals surface area contributed by atoms with E-state index in [1.165, 1.54) is 6.08 Å². The summed E-state index contributed by atoms with van der Waals surface area (Å²) < 4.78 is 0. The van der Waals surface area contributed by atoms with Crippen LogP contribution in [0.15, 0.2) is 12.1 Å². The van der Waals surface area contributed by atoms with Gasteiger partial charge in [0, 0.05) is 28.7 Å². The number of carboxylic acids is 1. The largest absolute Gasteiger partial charge is 0.478 e. The summed E-state index contributed by atoms with van der Waals surface area (Å²) in [5.41, 5.74) is 8.94. The minimum absolute atomic E-state index is 0.584. The van der Waals surface area contributed by atoms with Gasteiger partial charge in [0.05, 0.1) is 0 Å². The van der Waals surface area contributed by atoms with Crippen LogP contribution in [-0.4, -0.2) is 16.1 Å². The Morgan fingerprint density at radius 3 is 2.69 bits per heavy atom. The van der Waals surface area contributed by atoms with Crippen LogP contribution < -0.4 is 5.73 Å². The molecular weight excluding hydrogens is 204 g/mol. The van der Waals surface area contributed by atoms with E-state index >= 15 is 0 Å². The van der Waals surface area contributed by atoms with Crippen molar-refractivity contribution in [2.75, 3.05) is 5.73 Å². The van der Waals surface area contributed by atoms with E-state index in [0.29, 0.717) is 11.3 Å². The predicted octanol–water partition coefficient (Wildman–Crippen LogP) is 1.89. The van der Waals surface area contributed by atoms with E-state index < -0.39 is 5.97 Å². The zero-order chi connectivity index (χ0) is 12.1. The number of carbonyl (C=O) groups is 1. The first-order valence-corrected chi connectivity index (χ1v) is 5.27. The molecule has 4 heteroatoms. The number of aryl methyl sites for hydroxylation is 2. The molecule has 1 aromatic rings. The van der Waals surface area contributed by atoms with Crippen molar-refractivity contribution >= 4 is 17.7 Å². The summed E-state index contributed by atoms with van der Waals surface area (Å²) >= 11 is 0. The first kappa shape index (κ1) is 12.2. The molecule has 0 fully saturated rings. The molecule has 16 heavy (non-hydrogen) atoms. The number of aromatic nitrogens is 1. The van der Waals surface area contributed by atoms with Gasteiger partial charge in [0.15, 0.2) is 0 Å². The van der Waals surface area contributed by atoms with Crippen LogP contribution in [-0.2, 0) is 17.6 Å². The second-order valence-corrected chi connectivity index (χ2v) is 3.44. The number of hydrogen-bond acceptors (Lipinski definition) is 3. The van der Waals surface area contributed by atoms with E-state index in [9.17, 15) is 4.79 Å². The van der Waals surface area contributed by atoms with E-state index in [1.54, 1.807) is 6.07 Å². The molecule has 0 saturated carbocycles. The third kappa shape index (κ3) is 2.82. The molecule has 0 amide bonds. The highest BCUT2D eigenvalue weighted by molar-refractivity contribution is 5.87. The van der Waals surface area contributed by atoms with Crippen molar-refractivity contribution in [1.29, 1.82) is 0 Å². The number of rotatable bonds is 4. The molecule has 0 bridgehead atoms. The Hall–Kier alpha value is -1.84. The van der Waals surface area contributed by atoms with Gasteiger partial charge in [-0.05, 0) is 25.0 Å². The number of nitrogens with zero attached hydrogens (tertiary/aromatic N) is 1. The van der Waals surface area contributed by atoms with Crippen molar-refractivity contribution in [3.05, 3.63) is 29.1 Å². The molecule has 0 aliphatic heterocycles. The summed E-state index contributed by atoms with van der Waals surface area (Å²) in [7, 11) is 0. The standard InChI is InChI=1S/C12H16N2O2/c1-3-8-7-10(13)9(5-6-12(15)16)11(4-2)14-8/h5-7H,3-4H2,1-2H3,(H2,13,14)(H,15,16)/b6-5+. The fourth-order valence-corrected chi connectivity index (χ4v) is 1.49. The third-order valence-corrected chi connectivity index (χ3v) is 2.31. The lowest BCUT2D eigenvalue weighted by Crippen LogP contribution is -2.02. The van der Waals surface area contributed by atoms with E-state index in [1.807, 2.05) is 13.8 Å². The smallest absolute Gasteiger partial charge is 0.328 e. The average molecular weight is 220 g/mol. The van der Waals surface area contributed by atoms with Crippen molar-refractivity contribution in [2.45, 2.75) is 26.7 Å². The summed E-state index contributed by atoms with van der Waals surface area (Å²) in [5, 5.41) is 8.58. The highest BCUT2D eigenvalue weighted by Crippen LogP contribution is 2.19. The van der Waals surface area contributed by atoms with Gasteiger partial charge in [-0.3, -0.25) is 4.98 Å². The Labute approximate surface area is 94.8 Å². The van der Waals surface area contributed by atoms with Crippen LogP contribution in [0.25, 0.3) is 6.08 Å². The summed E-state index contributed by atoms with van der Waals surface area (Å²) in [5.74, 6) is -0.985. The SMILES string of the molecule is CCc1cc(N)c(/C=C/C(=O)O)c(CC)n1. The molecule has 0 spiro atoms. The van der Waals surface area contributed by atoms with Crippen molar-refractivity contribution in [2.24, 2.45) is 0 Å². The third-order valence-electron chi connectivity index (χ3n) is 2.31. The Morgan fingerprint density at radius 1 is 1.50 bits per heavy atom. The topological polar surface area (TPSA) is 76.2 Å². The van der Waals surface area contributed by atoms with Gasteiger partial charge < -0.3 is 10.8 Å². The van der Waals surface area contributed by atoms with Crippen LogP contribution in [0.4, 0.5) is 5.69 Å². The number of nitrogen functional groups attached to an aromatic ring is 1. The number of hydrogen-bond donors (Lipinski definition) is 2. The molecule has 1 aromatic heterocycles. The first-order valence-electron chi connectivity index (χ1n) is 5.27. The van der Waals surface area contributed by atoms with Crippen LogP contribution in [0.3, 0.4) is 0 Å². The monoisotopic (exact) mass is 220 g/mol. The zero-order valence-corrected chi connectivity index (χ0v) is 9.53. The minimum Gasteiger partial charge on any atom is -0.478 e. The highest BCUT2D eigenvalue weighted by atomic mass is 16.4. The van der Waals surface area contributed by atoms with Gasteiger partial charge >= 0.3 is 5.97 Å². The van der Waals surface area contributed by atoms with Crippen LogP contribution >= 0.6 is 0 Å². The molecule has 0 radical (unpaired) electrons. The Balaban J connectivity index is 3.21. The maximum atomic E-state index is 10.5. The van der Waals surface area contributed by atoms with E-state index in [4.69, 9.17) is 10.8 Å². The summed E-state index contributed by atoms with van der Waals surface area (Å²) in [6.07, 6.45) is 4.14. The fraction of sp³-hybridized carbons (Fsp3) is 0.333. The normalized spacial score (nSPS) is 10.9. The number of nitrogens with two attached hydrogens (primary N) is 1. The van der Waals surface area contributed by atoms with Crippen molar-refractivity contribution in [3.63, 3.8) is 0 Å². The second kappa shape index (κ2) is 5.30. The second-order valence-electron chi connectivity index (χ2n) is 3.44. The molecule has 1 rings (SSSR count). The van der Waals surface area contributed by atoms with Gasteiger partial charge in [0.25, 0.3) is 0 Å². The van der Waals surface area contributed by atoms with Gasteiger partial charge in [-0.15, -0.1) is 0 Å². The Morgan fingerprint density at radius 2 is 2.19 bits per heavy atom. The molecule has 4 nitrogen and oxygen atoms in total. The Bertz CT molecular complexity index is 425. The lowest BCUT2D eigenvalue weighted by atomic mass is 10.1. The van der Waals surface area contributed by atoms with E-state index in [2.05, 4.69) is 4.98 Å². The van der Waals surface area contributed by atoms with Gasteiger partial charge in [0.2, 0.25) is 0 Å². The maximum Gasteiger partial charge on any atom is 0.328 e. The zero-order valence-electron chi connectivity index (χ0n) is 9.53. The molecule has 1 heterocycles. The maximum absolute atomic E-state index is 10.5. The molecule has 0 saturated heterocycles. The molecular formula is C12H16N2O2. The van der Waals surface area contributed by atoms with Gasteiger partial charge in [-0.2, -0.15) is 0 Å². The molecule has 86 valence electrons. The summed E-state index contributed by atoms with van der Waals surface area (Å²) in [4.78, 5) is 14.9. The molecule has 0 aliphatic carbocycles. The number of aliphatic carboxylic acids is 1. The number of carboxylic acid groups (broad SMARTS) is 1. The lowest BCUT2D eigenvalue weighted by molar-refractivity contribution is -0.131. The van der Waals surface area contributed by atoms with Crippen molar-refractivity contribution in [3.8, 4) is 0 Å². The predicted molar refractivity (Wildman–Crippen MR) is 64.1 cm³/mol. The summed E-state index contributed by atoms with van der Waals surface area (Å²) in [6, 6.07) is 1.79. The average Bonchev–Trinajstić information content (AvgIpc) is 2.26. The highest BCUT2D eigenvalue weighted by Gasteiger charge is 2.06. The fourth-order valence-electron chi connectivity index (χ4n) is 1.49. The van der Waals surface area contributed by atoms with Gasteiger partial charge in [-0.1, -0.05) is 13.8 Å². The quantitative estimate of drug-likeness (QED) is 0.760. The van der Waals surface area contributed by atoms with Gasteiger partial charge in [-0.25, -0.2) is 4.79 Å². The van der Waals surface area contributed by atoms with Crippen LogP contribution in [0, 0.1) is 0 Å². The lowest BCUT2D eigenvalue weighted by Gasteiger charge is -2.08. The van der Waals surface area contributed by atoms with E-state index in [0.717, 1.165) is 30.3 Å². The molecule has 0 atom stereocenters. The molecule has 0 aromatic carbocycles. The van der Waals surface area contributed by atoms with E-state index in [-0.39, 0.29) is 0 Å². The first-order chi connectivity index (χ1) is 7.58. The summed E-state index contributed by atoms with van der Waals surface area (Å²) in [6.45, 7) is 3.98. The van der Waals surface area contributed by atoms with Crippen LogP contribution in [0.1, 0.15) is 30.8 Å². The van der Waals surface area contributed by atoms with Crippen molar-refractivity contribution in [1.82, 2.24) is 4.98 Å². The minimum atomic E-state index is -0.985. The molecule has 0 unspecified atom stereocenters. The van der Waals surface area contributed by atoms with Crippen LogP contribution in [0.2, 0.25) is 0 Å². The van der Waals surface area contributed by atoms with Crippen LogP contribution in [0.5, 0.6) is 0 Å². The van der Waals surface area contributed by atoms with Crippen molar-refractivity contribution < 1.29 is 9.90 Å². The molecule has 0 aliphatic rings. The Kier molecular flexibility index (Phi) is 4.05. The number of anilines is 1. The molecule has 3 N–H and O–H groups in total. The number of pyridine rings is 1. The van der Waals surface area contributed by atoms with Gasteiger partial charge in [0.1, 0.15) is 0 Å².